The molecule has 6 nitrogen and oxygen atoms in total. The van der Waals surface area contributed by atoms with Crippen molar-refractivity contribution in [3.63, 3.8) is 0 Å². The minimum Gasteiger partial charge on any atom is -0.493 e. The molecule has 0 spiro atoms. The fourth-order valence-corrected chi connectivity index (χ4v) is 3.22. The van der Waals surface area contributed by atoms with Gasteiger partial charge in [0.05, 0.1) is 33.5 Å². The van der Waals surface area contributed by atoms with Gasteiger partial charge < -0.3 is 24.2 Å². The summed E-state index contributed by atoms with van der Waals surface area (Å²) < 4.78 is 16.4. The molecule has 0 aromatic heterocycles. The fraction of sp³-hybridized carbons (Fsp3) is 0.650. The van der Waals surface area contributed by atoms with Crippen LogP contribution in [0.2, 0.25) is 0 Å². The quantitative estimate of drug-likeness (QED) is 0.840. The van der Waals surface area contributed by atoms with Crippen molar-refractivity contribution in [3.8, 4) is 11.5 Å². The number of amides is 1. The van der Waals surface area contributed by atoms with Crippen LogP contribution in [0.15, 0.2) is 18.2 Å². The van der Waals surface area contributed by atoms with Crippen LogP contribution < -0.4 is 9.47 Å². The van der Waals surface area contributed by atoms with Crippen LogP contribution in [0, 0.1) is 5.41 Å². The Labute approximate surface area is 156 Å². The lowest BCUT2D eigenvalue weighted by Gasteiger charge is -2.41. The Morgan fingerprint density at radius 1 is 1.27 bits per heavy atom. The Morgan fingerprint density at radius 3 is 2.54 bits per heavy atom. The lowest BCUT2D eigenvalue weighted by molar-refractivity contribution is -0.150. The minimum absolute atomic E-state index is 0.0847. The van der Waals surface area contributed by atoms with Gasteiger partial charge in [-0.3, -0.25) is 4.79 Å². The van der Waals surface area contributed by atoms with Gasteiger partial charge in [0.25, 0.3) is 0 Å². The van der Waals surface area contributed by atoms with Crippen molar-refractivity contribution in [2.24, 2.45) is 5.41 Å². The van der Waals surface area contributed by atoms with Gasteiger partial charge in [0.15, 0.2) is 11.5 Å². The third-order valence-electron chi connectivity index (χ3n) is 4.69. The lowest BCUT2D eigenvalue weighted by Crippen LogP contribution is -2.49. The summed E-state index contributed by atoms with van der Waals surface area (Å²) in [5.74, 6) is 1.30. The number of aliphatic hydroxyl groups is 1. The van der Waals surface area contributed by atoms with E-state index in [9.17, 15) is 9.90 Å². The molecule has 2 atom stereocenters. The van der Waals surface area contributed by atoms with Crippen molar-refractivity contribution in [3.05, 3.63) is 23.8 Å². The molecule has 1 N–H and O–H groups in total. The molecule has 1 heterocycles. The van der Waals surface area contributed by atoms with Gasteiger partial charge in [0.1, 0.15) is 6.10 Å². The molecule has 1 fully saturated rings. The Hall–Kier alpha value is -1.79. The van der Waals surface area contributed by atoms with E-state index >= 15 is 0 Å². The van der Waals surface area contributed by atoms with Crippen LogP contribution >= 0.6 is 0 Å². The SMILES string of the molecule is COc1ccc([C@@H]2[C@@H](CO)OCCN2C(=O)CCC(C)(C)C)cc1OC. The van der Waals surface area contributed by atoms with Gasteiger partial charge >= 0.3 is 0 Å². The number of nitrogens with zero attached hydrogens (tertiary/aromatic N) is 1. The van der Waals surface area contributed by atoms with Gasteiger partial charge in [0.2, 0.25) is 5.91 Å². The average molecular weight is 365 g/mol. The maximum atomic E-state index is 12.9. The fourth-order valence-electron chi connectivity index (χ4n) is 3.22. The van der Waals surface area contributed by atoms with Crippen molar-refractivity contribution in [2.45, 2.75) is 45.8 Å². The molecule has 146 valence electrons. The van der Waals surface area contributed by atoms with E-state index in [1.807, 2.05) is 23.1 Å². The summed E-state index contributed by atoms with van der Waals surface area (Å²) in [6.45, 7) is 7.17. The van der Waals surface area contributed by atoms with Crippen molar-refractivity contribution in [1.82, 2.24) is 4.90 Å². The predicted octanol–water partition coefficient (Wildman–Crippen LogP) is 2.79. The highest BCUT2D eigenvalue weighted by Crippen LogP contribution is 2.36. The van der Waals surface area contributed by atoms with Gasteiger partial charge in [-0.25, -0.2) is 0 Å². The van der Waals surface area contributed by atoms with Crippen molar-refractivity contribution >= 4 is 5.91 Å². The van der Waals surface area contributed by atoms with Crippen LogP contribution in [0.3, 0.4) is 0 Å². The molecule has 1 aliphatic rings. The highest BCUT2D eigenvalue weighted by molar-refractivity contribution is 5.77. The summed E-state index contributed by atoms with van der Waals surface area (Å²) >= 11 is 0. The number of carbonyl (C=O) groups excluding carboxylic acids is 1. The molecule has 0 radical (unpaired) electrons. The summed E-state index contributed by atoms with van der Waals surface area (Å²) in [6.07, 6.45) is 0.831. The second-order valence-electron chi connectivity index (χ2n) is 7.80. The van der Waals surface area contributed by atoms with Crippen molar-refractivity contribution < 1.29 is 24.1 Å². The standard InChI is InChI=1S/C20H31NO5/c1-20(2,3)9-8-18(23)21-10-11-26-17(13-22)19(21)14-6-7-15(24-4)16(12-14)25-5/h6-7,12,17,19,22H,8-11,13H2,1-5H3/t17-,19-/m1/s1. The van der Waals surface area contributed by atoms with Crippen molar-refractivity contribution in [2.75, 3.05) is 34.0 Å². The smallest absolute Gasteiger partial charge is 0.223 e. The maximum Gasteiger partial charge on any atom is 0.223 e. The molecule has 1 aliphatic heterocycles. The number of methoxy groups -OCH3 is 2. The molecule has 1 saturated heterocycles. The molecule has 0 aliphatic carbocycles. The number of rotatable bonds is 6. The van der Waals surface area contributed by atoms with Gasteiger partial charge in [-0.05, 0) is 29.5 Å². The van der Waals surface area contributed by atoms with Crippen LogP contribution in [-0.4, -0.2) is 56.0 Å². The number of hydrogen-bond donors (Lipinski definition) is 1. The molecule has 26 heavy (non-hydrogen) atoms. The Balaban J connectivity index is 2.31. The monoisotopic (exact) mass is 365 g/mol. The number of ether oxygens (including phenoxy) is 3. The summed E-state index contributed by atoms with van der Waals surface area (Å²) in [7, 11) is 3.16. The first-order valence-electron chi connectivity index (χ1n) is 9.04. The largest absolute Gasteiger partial charge is 0.493 e. The van der Waals surface area contributed by atoms with Gasteiger partial charge in [-0.15, -0.1) is 0 Å². The molecule has 0 saturated carbocycles. The van der Waals surface area contributed by atoms with Crippen LogP contribution in [0.4, 0.5) is 0 Å². The second-order valence-corrected chi connectivity index (χ2v) is 7.80. The van der Waals surface area contributed by atoms with Gasteiger partial charge in [-0.1, -0.05) is 26.8 Å². The summed E-state index contributed by atoms with van der Waals surface area (Å²) in [5.41, 5.74) is 0.961. The van der Waals surface area contributed by atoms with E-state index in [-0.39, 0.29) is 24.0 Å². The number of benzene rings is 1. The van der Waals surface area contributed by atoms with E-state index < -0.39 is 6.10 Å². The zero-order chi connectivity index (χ0) is 19.3. The Bertz CT molecular complexity index is 611. The molecule has 0 bridgehead atoms. The van der Waals surface area contributed by atoms with Crippen molar-refractivity contribution in [1.29, 1.82) is 0 Å². The van der Waals surface area contributed by atoms with E-state index in [4.69, 9.17) is 14.2 Å². The maximum absolute atomic E-state index is 12.9. The van der Waals surface area contributed by atoms with Crippen LogP contribution in [0.25, 0.3) is 0 Å². The van der Waals surface area contributed by atoms with Crippen LogP contribution in [-0.2, 0) is 9.53 Å². The minimum atomic E-state index is -0.458. The summed E-state index contributed by atoms with van der Waals surface area (Å²) in [6, 6.07) is 5.22. The average Bonchev–Trinajstić information content (AvgIpc) is 2.64. The second kappa shape index (κ2) is 8.73. The lowest BCUT2D eigenvalue weighted by atomic mass is 9.89. The first-order valence-corrected chi connectivity index (χ1v) is 9.04. The van der Waals surface area contributed by atoms with E-state index in [0.29, 0.717) is 31.1 Å². The molecular weight excluding hydrogens is 334 g/mol. The van der Waals surface area contributed by atoms with E-state index in [2.05, 4.69) is 20.8 Å². The topological polar surface area (TPSA) is 68.2 Å². The highest BCUT2D eigenvalue weighted by atomic mass is 16.5. The first kappa shape index (κ1) is 20.5. The van der Waals surface area contributed by atoms with E-state index in [1.54, 1.807) is 14.2 Å². The molecular formula is C20H31NO5. The van der Waals surface area contributed by atoms with Gasteiger partial charge in [0, 0.05) is 13.0 Å². The summed E-state index contributed by atoms with van der Waals surface area (Å²) in [4.78, 5) is 14.7. The number of hydrogen-bond acceptors (Lipinski definition) is 5. The number of carbonyl (C=O) groups is 1. The molecule has 0 unspecified atom stereocenters. The number of morpholine rings is 1. The molecule has 1 aromatic carbocycles. The zero-order valence-electron chi connectivity index (χ0n) is 16.4. The zero-order valence-corrected chi connectivity index (χ0v) is 16.4. The third kappa shape index (κ3) is 4.89. The first-order chi connectivity index (χ1) is 12.3. The van der Waals surface area contributed by atoms with Gasteiger partial charge in [-0.2, -0.15) is 0 Å². The molecule has 2 rings (SSSR count). The van der Waals surface area contributed by atoms with Crippen LogP contribution in [0.1, 0.15) is 45.2 Å². The summed E-state index contributed by atoms with van der Waals surface area (Å²) in [5, 5.41) is 9.79. The van der Waals surface area contributed by atoms with E-state index in [1.165, 1.54) is 0 Å². The molecule has 6 heteroatoms. The Morgan fingerprint density at radius 2 is 1.96 bits per heavy atom. The molecule has 1 aromatic rings. The highest BCUT2D eigenvalue weighted by Gasteiger charge is 2.36. The molecule has 1 amide bonds. The van der Waals surface area contributed by atoms with Crippen LogP contribution in [0.5, 0.6) is 11.5 Å². The number of aliphatic hydroxyl groups excluding tert-OH is 1. The Kier molecular flexibility index (Phi) is 6.89. The predicted molar refractivity (Wildman–Crippen MR) is 99.5 cm³/mol. The normalized spacial score (nSPS) is 20.8. The third-order valence-corrected chi connectivity index (χ3v) is 4.69. The van der Waals surface area contributed by atoms with E-state index in [0.717, 1.165) is 12.0 Å².